The van der Waals surface area contributed by atoms with Gasteiger partial charge >= 0.3 is 6.36 Å². The Morgan fingerprint density at radius 2 is 1.98 bits per heavy atom. The second kappa shape index (κ2) is 11.5. The number of aryl methyl sites for hydroxylation is 1. The van der Waals surface area contributed by atoms with Crippen LogP contribution in [0.3, 0.4) is 0 Å². The van der Waals surface area contributed by atoms with Crippen LogP contribution in [0, 0.1) is 5.92 Å². The number of sulfonamides is 1. The van der Waals surface area contributed by atoms with Gasteiger partial charge in [-0.05, 0) is 72.7 Å². The molecule has 0 bridgehead atoms. The number of halogens is 3. The average Bonchev–Trinajstić information content (AvgIpc) is 3.61. The van der Waals surface area contributed by atoms with Gasteiger partial charge in [0, 0.05) is 19.6 Å². The fourth-order valence-corrected chi connectivity index (χ4v) is 7.32. The minimum absolute atomic E-state index is 0.0345. The van der Waals surface area contributed by atoms with Crippen molar-refractivity contribution >= 4 is 15.9 Å². The summed E-state index contributed by atoms with van der Waals surface area (Å²) in [5.41, 5.74) is 2.05. The normalized spacial score (nSPS) is 24.4. The third-order valence-electron chi connectivity index (χ3n) is 7.54. The molecule has 0 aromatic heterocycles. The Balaban J connectivity index is 1.27. The number of carbonyl (C=O) groups excluding carboxylic acids is 1. The first-order valence-electron chi connectivity index (χ1n) is 13.8. The van der Waals surface area contributed by atoms with Crippen LogP contribution in [-0.4, -0.2) is 56.6 Å². The molecule has 3 atom stereocenters. The van der Waals surface area contributed by atoms with E-state index in [2.05, 4.69) is 52.7 Å². The van der Waals surface area contributed by atoms with E-state index in [0.717, 1.165) is 66.5 Å². The van der Waals surface area contributed by atoms with Gasteiger partial charge in [-0.1, -0.05) is 32.0 Å². The zero-order valence-corrected chi connectivity index (χ0v) is 23.8. The lowest BCUT2D eigenvalue weighted by molar-refractivity contribution is -0.274. The summed E-state index contributed by atoms with van der Waals surface area (Å²) in [5, 5.41) is 9.62. The molecule has 41 heavy (non-hydrogen) atoms. The number of nitrogens with one attached hydrogen (secondary N) is 3. The summed E-state index contributed by atoms with van der Waals surface area (Å²) in [6.07, 6.45) is -3.16. The van der Waals surface area contributed by atoms with Crippen molar-refractivity contribution in [1.82, 2.24) is 20.3 Å². The number of nitrogens with zero attached hydrogens (tertiary/aromatic N) is 1. The van der Waals surface area contributed by atoms with Gasteiger partial charge in [0.05, 0.1) is 17.4 Å². The highest BCUT2D eigenvalue weighted by molar-refractivity contribution is 7.89. The molecular formula is C28H35F3N4O5S. The molecule has 0 saturated carbocycles. The minimum Gasteiger partial charge on any atom is -0.406 e. The summed E-state index contributed by atoms with van der Waals surface area (Å²) in [5.74, 6) is -0.311. The van der Waals surface area contributed by atoms with Crippen molar-refractivity contribution in [3.8, 4) is 5.75 Å². The zero-order valence-electron chi connectivity index (χ0n) is 23.0. The number of epoxide rings is 1. The van der Waals surface area contributed by atoms with Crippen molar-refractivity contribution in [1.29, 1.82) is 0 Å². The van der Waals surface area contributed by atoms with E-state index in [4.69, 9.17) is 4.74 Å². The first-order valence-corrected chi connectivity index (χ1v) is 15.2. The Labute approximate surface area is 237 Å². The monoisotopic (exact) mass is 596 g/mol. The summed E-state index contributed by atoms with van der Waals surface area (Å²) in [4.78, 5) is 13.1. The van der Waals surface area contributed by atoms with Crippen LogP contribution in [0.15, 0.2) is 47.4 Å². The third-order valence-corrected chi connectivity index (χ3v) is 9.48. The fourth-order valence-electron chi connectivity index (χ4n) is 5.64. The number of amides is 1. The largest absolute Gasteiger partial charge is 0.573 e. The molecule has 13 heteroatoms. The van der Waals surface area contributed by atoms with Gasteiger partial charge in [-0.15, -0.1) is 13.2 Å². The Morgan fingerprint density at radius 1 is 1.22 bits per heavy atom. The molecule has 1 amide bonds. The van der Waals surface area contributed by atoms with Crippen molar-refractivity contribution in [2.75, 3.05) is 19.6 Å². The molecule has 0 radical (unpaired) electrons. The number of alkyl halides is 3. The molecule has 2 unspecified atom stereocenters. The van der Waals surface area contributed by atoms with Crippen molar-refractivity contribution < 1.29 is 35.9 Å². The molecule has 2 heterocycles. The van der Waals surface area contributed by atoms with Gasteiger partial charge < -0.3 is 20.1 Å². The number of hydrogen-bond acceptors (Lipinski definition) is 7. The second-order valence-electron chi connectivity index (χ2n) is 11.1. The van der Waals surface area contributed by atoms with E-state index in [1.54, 1.807) is 0 Å². The molecular weight excluding hydrogens is 561 g/mol. The molecule has 5 rings (SSSR count). The van der Waals surface area contributed by atoms with Crippen molar-refractivity contribution in [2.24, 2.45) is 5.92 Å². The number of benzene rings is 2. The Bertz CT molecular complexity index is 1370. The van der Waals surface area contributed by atoms with Gasteiger partial charge in [-0.25, -0.2) is 8.42 Å². The van der Waals surface area contributed by atoms with E-state index in [9.17, 15) is 26.4 Å². The topological polar surface area (TPSA) is 112 Å². The van der Waals surface area contributed by atoms with Crippen LogP contribution in [0.2, 0.25) is 0 Å². The summed E-state index contributed by atoms with van der Waals surface area (Å²) in [7, 11) is -4.19. The lowest BCUT2D eigenvalue weighted by atomic mass is 9.86. The average molecular weight is 597 g/mol. The molecule has 9 nitrogen and oxygen atoms in total. The van der Waals surface area contributed by atoms with E-state index in [0.29, 0.717) is 12.5 Å². The summed E-state index contributed by atoms with van der Waals surface area (Å²) >= 11 is 0. The quantitative estimate of drug-likeness (QED) is 0.360. The maximum absolute atomic E-state index is 13.5. The zero-order chi connectivity index (χ0) is 29.4. The Morgan fingerprint density at radius 3 is 2.68 bits per heavy atom. The summed E-state index contributed by atoms with van der Waals surface area (Å²) < 4.78 is 75.4. The van der Waals surface area contributed by atoms with Crippen LogP contribution < -0.4 is 20.7 Å². The highest BCUT2D eigenvalue weighted by Crippen LogP contribution is 2.46. The van der Waals surface area contributed by atoms with E-state index in [-0.39, 0.29) is 29.8 Å². The van der Waals surface area contributed by atoms with Crippen LogP contribution in [0.5, 0.6) is 5.75 Å². The standard InChI is InChI=1S/C28H35F3N4O5S/c1-18(2)16-32-17-19-6-11-23-20(14-19)4-3-5-24(23)34-25(36)15-27-26(40-27)33-12-13-35(27)41(37,38)22-9-7-21(8-10-22)39-28(29,30)31/h6-11,14,18,24,26,32-33H,3-5,12-13,15-17H2,1-2H3,(H,34,36)/t24-,26?,27?/m1/s1. The highest BCUT2D eigenvalue weighted by atomic mass is 32.2. The smallest absolute Gasteiger partial charge is 0.406 e. The number of piperazine rings is 1. The van der Waals surface area contributed by atoms with E-state index in [1.807, 2.05) is 0 Å². The lowest BCUT2D eigenvalue weighted by Gasteiger charge is -2.32. The van der Waals surface area contributed by atoms with Crippen LogP contribution in [0.1, 0.15) is 55.8 Å². The first kappa shape index (κ1) is 29.8. The van der Waals surface area contributed by atoms with Gasteiger partial charge in [-0.3, -0.25) is 10.1 Å². The number of rotatable bonds is 10. The third kappa shape index (κ3) is 6.69. The second-order valence-corrected chi connectivity index (χ2v) is 13.0. The first-order chi connectivity index (χ1) is 19.4. The molecule has 2 saturated heterocycles. The van der Waals surface area contributed by atoms with Crippen molar-refractivity contribution in [3.05, 3.63) is 59.2 Å². The van der Waals surface area contributed by atoms with Gasteiger partial charge in [0.15, 0.2) is 12.0 Å². The predicted octanol–water partition coefficient (Wildman–Crippen LogP) is 3.56. The molecule has 3 aliphatic rings. The van der Waals surface area contributed by atoms with Gasteiger partial charge in [-0.2, -0.15) is 4.31 Å². The number of ether oxygens (including phenoxy) is 2. The van der Waals surface area contributed by atoms with Crippen LogP contribution >= 0.6 is 0 Å². The summed E-state index contributed by atoms with van der Waals surface area (Å²) in [6, 6.07) is 10.1. The molecule has 224 valence electrons. The SMILES string of the molecule is CC(C)CNCc1ccc2c(c1)CCC[C@H]2NC(=O)CC12OC1NCCN2S(=O)(=O)c1ccc(OC(F)(F)F)cc1. The highest BCUT2D eigenvalue weighted by Gasteiger charge is 2.67. The van der Waals surface area contributed by atoms with Gasteiger partial charge in [0.2, 0.25) is 15.9 Å². The van der Waals surface area contributed by atoms with E-state index >= 15 is 0 Å². The molecule has 3 N–H and O–H groups in total. The fraction of sp³-hybridized carbons (Fsp3) is 0.536. The Hall–Kier alpha value is -2.71. The molecule has 2 aromatic carbocycles. The molecule has 2 aromatic rings. The molecule has 2 fully saturated rings. The maximum atomic E-state index is 13.5. The lowest BCUT2D eigenvalue weighted by Crippen LogP contribution is -2.55. The van der Waals surface area contributed by atoms with E-state index < -0.39 is 34.1 Å². The van der Waals surface area contributed by atoms with Crippen molar-refractivity contribution in [3.63, 3.8) is 0 Å². The van der Waals surface area contributed by atoms with Crippen LogP contribution in [0.4, 0.5) is 13.2 Å². The van der Waals surface area contributed by atoms with Crippen LogP contribution in [0.25, 0.3) is 0 Å². The molecule has 1 aliphatic carbocycles. The number of hydrogen-bond donors (Lipinski definition) is 3. The minimum atomic E-state index is -4.89. The number of carbonyl (C=O) groups is 1. The molecule has 2 aliphatic heterocycles. The Kier molecular flexibility index (Phi) is 8.37. The van der Waals surface area contributed by atoms with Crippen LogP contribution in [-0.2, 0) is 32.5 Å². The van der Waals surface area contributed by atoms with Crippen molar-refractivity contribution in [2.45, 2.75) is 75.3 Å². The number of fused-ring (bicyclic) bond motifs is 2. The van der Waals surface area contributed by atoms with E-state index in [1.165, 1.54) is 11.1 Å². The predicted molar refractivity (Wildman–Crippen MR) is 144 cm³/mol. The maximum Gasteiger partial charge on any atom is 0.573 e. The summed E-state index contributed by atoms with van der Waals surface area (Å²) in [6.45, 7) is 6.36. The van der Waals surface area contributed by atoms with Gasteiger partial charge in [0.1, 0.15) is 5.75 Å². The van der Waals surface area contributed by atoms with Gasteiger partial charge in [0.25, 0.3) is 0 Å². The molecule has 0 spiro atoms.